The lowest BCUT2D eigenvalue weighted by atomic mass is 10.1. The van der Waals surface area contributed by atoms with E-state index < -0.39 is 12.8 Å². The number of rotatable bonds is 6. The van der Waals surface area contributed by atoms with Crippen LogP contribution in [0.25, 0.3) is 0 Å². The Morgan fingerprint density at radius 2 is 2.05 bits per heavy atom. The third-order valence-electron chi connectivity index (χ3n) is 2.89. The molecule has 0 heterocycles. The molecule has 1 rings (SSSR count). The molecule has 0 spiro atoms. The molecule has 0 radical (unpaired) electrons. The minimum atomic E-state index is -0.673. The summed E-state index contributed by atoms with van der Waals surface area (Å²) in [5.41, 5.74) is 2.74. The van der Waals surface area contributed by atoms with E-state index in [0.29, 0.717) is 5.69 Å². The van der Waals surface area contributed by atoms with Crippen molar-refractivity contribution in [1.29, 1.82) is 0 Å². The van der Waals surface area contributed by atoms with Crippen molar-refractivity contribution in [2.75, 3.05) is 36.6 Å². The molecular weight excluding hydrogens is 247 g/mol. The number of anilines is 2. The third kappa shape index (κ3) is 4.43. The number of benzene rings is 1. The average molecular weight is 268 g/mol. The van der Waals surface area contributed by atoms with Gasteiger partial charge >= 0.3 is 6.09 Å². The smallest absolute Gasteiger partial charge is 0.411 e. The highest BCUT2D eigenvalue weighted by Gasteiger charge is 2.08. The van der Waals surface area contributed by atoms with Gasteiger partial charge in [-0.2, -0.15) is 0 Å². The maximum atomic E-state index is 11.9. The minimum Gasteiger partial charge on any atom is -0.447 e. The maximum Gasteiger partial charge on any atom is 0.411 e. The second-order valence-electron chi connectivity index (χ2n) is 4.12. The van der Waals surface area contributed by atoms with Crippen molar-refractivity contribution >= 4 is 17.5 Å². The summed E-state index contributed by atoms with van der Waals surface area (Å²) in [6.45, 7) is 7.08. The van der Waals surface area contributed by atoms with E-state index in [2.05, 4.69) is 28.8 Å². The molecule has 0 saturated carbocycles. The van der Waals surface area contributed by atoms with Gasteiger partial charge in [-0.05, 0) is 44.5 Å². The number of nitrogens with zero attached hydrogens (tertiary/aromatic N) is 1. The first-order valence-electron chi connectivity index (χ1n) is 6.47. The number of nitrogens with one attached hydrogen (secondary N) is 1. The van der Waals surface area contributed by atoms with Crippen LogP contribution in [0.4, 0.5) is 20.6 Å². The number of carbonyl (C=O) groups is 1. The second-order valence-corrected chi connectivity index (χ2v) is 4.12. The van der Waals surface area contributed by atoms with Gasteiger partial charge in [-0.1, -0.05) is 0 Å². The van der Waals surface area contributed by atoms with Crippen LogP contribution in [0.15, 0.2) is 18.2 Å². The lowest BCUT2D eigenvalue weighted by Crippen LogP contribution is -2.22. The number of amides is 1. The molecule has 1 aromatic rings. The van der Waals surface area contributed by atoms with Crippen LogP contribution in [0.2, 0.25) is 0 Å². The Labute approximate surface area is 113 Å². The quantitative estimate of drug-likeness (QED) is 0.860. The van der Waals surface area contributed by atoms with Crippen molar-refractivity contribution in [3.05, 3.63) is 23.8 Å². The van der Waals surface area contributed by atoms with Crippen LogP contribution in [-0.2, 0) is 4.74 Å². The molecule has 4 nitrogen and oxygen atoms in total. The molecule has 0 fully saturated rings. The van der Waals surface area contributed by atoms with Crippen LogP contribution >= 0.6 is 0 Å². The van der Waals surface area contributed by atoms with Crippen LogP contribution in [0.1, 0.15) is 19.4 Å². The highest BCUT2D eigenvalue weighted by atomic mass is 19.1. The van der Waals surface area contributed by atoms with Crippen LogP contribution < -0.4 is 10.2 Å². The van der Waals surface area contributed by atoms with Gasteiger partial charge in [0.2, 0.25) is 0 Å². The fourth-order valence-electron chi connectivity index (χ4n) is 1.85. The monoisotopic (exact) mass is 268 g/mol. The van der Waals surface area contributed by atoms with E-state index in [1.54, 1.807) is 0 Å². The van der Waals surface area contributed by atoms with Crippen molar-refractivity contribution in [2.45, 2.75) is 20.8 Å². The van der Waals surface area contributed by atoms with E-state index in [9.17, 15) is 9.18 Å². The second kappa shape index (κ2) is 7.61. The zero-order chi connectivity index (χ0) is 14.3. The molecule has 0 unspecified atom stereocenters. The van der Waals surface area contributed by atoms with E-state index >= 15 is 0 Å². The van der Waals surface area contributed by atoms with E-state index in [0.717, 1.165) is 24.3 Å². The van der Waals surface area contributed by atoms with Crippen LogP contribution in [0, 0.1) is 6.92 Å². The number of carbonyl (C=O) groups excluding carboxylic acids is 1. The summed E-state index contributed by atoms with van der Waals surface area (Å²) in [5.74, 6) is 0. The first kappa shape index (κ1) is 15.3. The molecule has 19 heavy (non-hydrogen) atoms. The maximum absolute atomic E-state index is 11.9. The van der Waals surface area contributed by atoms with Gasteiger partial charge in [0.25, 0.3) is 0 Å². The molecule has 0 aliphatic carbocycles. The van der Waals surface area contributed by atoms with Crippen LogP contribution in [-0.4, -0.2) is 32.5 Å². The van der Waals surface area contributed by atoms with Crippen molar-refractivity contribution in [2.24, 2.45) is 0 Å². The summed E-state index contributed by atoms with van der Waals surface area (Å²) in [4.78, 5) is 13.6. The lowest BCUT2D eigenvalue weighted by molar-refractivity contribution is 0.152. The molecule has 0 saturated heterocycles. The minimum absolute atomic E-state index is 0.220. The summed E-state index contributed by atoms with van der Waals surface area (Å²) < 4.78 is 16.5. The Bertz CT molecular complexity index is 420. The number of hydrogen-bond donors (Lipinski definition) is 1. The molecule has 1 N–H and O–H groups in total. The van der Waals surface area contributed by atoms with Gasteiger partial charge in [0.05, 0.1) is 0 Å². The Hall–Kier alpha value is -1.78. The van der Waals surface area contributed by atoms with Gasteiger partial charge < -0.3 is 9.64 Å². The molecule has 106 valence electrons. The Morgan fingerprint density at radius 1 is 1.37 bits per heavy atom. The first-order valence-corrected chi connectivity index (χ1v) is 6.47. The number of hydrogen-bond acceptors (Lipinski definition) is 3. The first-order chi connectivity index (χ1) is 9.12. The van der Waals surface area contributed by atoms with Gasteiger partial charge in [-0.15, -0.1) is 0 Å². The van der Waals surface area contributed by atoms with E-state index in [-0.39, 0.29) is 6.61 Å². The van der Waals surface area contributed by atoms with Crippen LogP contribution in [0.5, 0.6) is 0 Å². The van der Waals surface area contributed by atoms with Crippen molar-refractivity contribution < 1.29 is 13.9 Å². The molecule has 5 heteroatoms. The van der Waals surface area contributed by atoms with Crippen molar-refractivity contribution in [3.8, 4) is 0 Å². The summed E-state index contributed by atoms with van der Waals surface area (Å²) in [5, 5.41) is 2.60. The van der Waals surface area contributed by atoms with Crippen molar-refractivity contribution in [1.82, 2.24) is 0 Å². The Balaban J connectivity index is 2.74. The van der Waals surface area contributed by atoms with Crippen LogP contribution in [0.3, 0.4) is 0 Å². The lowest BCUT2D eigenvalue weighted by Gasteiger charge is -2.22. The fraction of sp³-hybridized carbons (Fsp3) is 0.500. The summed E-state index contributed by atoms with van der Waals surface area (Å²) in [6.07, 6.45) is -0.628. The number of alkyl halides is 1. The van der Waals surface area contributed by atoms with Gasteiger partial charge in [-0.3, -0.25) is 5.32 Å². The van der Waals surface area contributed by atoms with Gasteiger partial charge in [0, 0.05) is 24.5 Å². The molecule has 1 amide bonds. The van der Waals surface area contributed by atoms with Gasteiger partial charge in [-0.25, -0.2) is 9.18 Å². The summed E-state index contributed by atoms with van der Waals surface area (Å²) in [7, 11) is 0. The van der Waals surface area contributed by atoms with Gasteiger partial charge in [0.1, 0.15) is 13.3 Å². The molecule has 0 aliphatic rings. The standard InChI is InChI=1S/C14H21FN2O2/c1-4-17(5-2)12-6-7-13(11(3)10-12)16-14(18)19-9-8-15/h6-7,10H,4-5,8-9H2,1-3H3,(H,16,18). The van der Waals surface area contributed by atoms with E-state index in [1.165, 1.54) is 0 Å². The van der Waals surface area contributed by atoms with E-state index in [1.807, 2.05) is 25.1 Å². The summed E-state index contributed by atoms with van der Waals surface area (Å²) >= 11 is 0. The topological polar surface area (TPSA) is 41.6 Å². The Morgan fingerprint density at radius 3 is 2.58 bits per heavy atom. The SMILES string of the molecule is CCN(CC)c1ccc(NC(=O)OCCF)c(C)c1. The highest BCUT2D eigenvalue weighted by molar-refractivity contribution is 5.86. The molecule has 0 bridgehead atoms. The molecular formula is C14H21FN2O2. The predicted octanol–water partition coefficient (Wildman–Crippen LogP) is 3.36. The molecule has 1 aromatic carbocycles. The molecule has 0 aliphatic heterocycles. The molecule has 0 atom stereocenters. The molecule has 0 aromatic heterocycles. The summed E-state index contributed by atoms with van der Waals surface area (Å²) in [6, 6.07) is 5.79. The van der Waals surface area contributed by atoms with E-state index in [4.69, 9.17) is 0 Å². The number of ether oxygens (including phenoxy) is 1. The fourth-order valence-corrected chi connectivity index (χ4v) is 1.85. The van der Waals surface area contributed by atoms with Gasteiger partial charge in [0.15, 0.2) is 0 Å². The highest BCUT2D eigenvalue weighted by Crippen LogP contribution is 2.22. The number of aryl methyl sites for hydroxylation is 1. The normalized spacial score (nSPS) is 10.1. The zero-order valence-electron chi connectivity index (χ0n) is 11.7. The third-order valence-corrected chi connectivity index (χ3v) is 2.89. The Kier molecular flexibility index (Phi) is 6.12. The number of halogens is 1. The largest absolute Gasteiger partial charge is 0.447 e. The zero-order valence-corrected chi connectivity index (χ0v) is 11.7. The predicted molar refractivity (Wildman–Crippen MR) is 75.7 cm³/mol. The van der Waals surface area contributed by atoms with Crippen molar-refractivity contribution in [3.63, 3.8) is 0 Å². The average Bonchev–Trinajstić information content (AvgIpc) is 2.41.